The molecule has 3 N–H and O–H groups in total. The van der Waals surface area contributed by atoms with Crippen LogP contribution in [0.15, 0.2) is 71.4 Å². The highest BCUT2D eigenvalue weighted by molar-refractivity contribution is 7.90. The topological polar surface area (TPSA) is 154 Å². The molecule has 1 saturated carbocycles. The summed E-state index contributed by atoms with van der Waals surface area (Å²) in [6, 6.07) is 16.9. The number of aliphatic hydroxyl groups is 1. The number of aliphatic hydroxyl groups excluding tert-OH is 1. The van der Waals surface area contributed by atoms with Crippen LogP contribution in [0, 0.1) is 19.8 Å². The molecule has 2 aliphatic heterocycles. The number of halogens is 3. The van der Waals surface area contributed by atoms with E-state index >= 15 is 13.2 Å². The fourth-order valence-electron chi connectivity index (χ4n) is 9.74. The van der Waals surface area contributed by atoms with Crippen LogP contribution < -0.4 is 10.0 Å². The van der Waals surface area contributed by atoms with E-state index in [9.17, 15) is 18.3 Å². The summed E-state index contributed by atoms with van der Waals surface area (Å²) in [5, 5.41) is 13.9. The highest BCUT2D eigenvalue weighted by atomic mass is 32.2. The Morgan fingerprint density at radius 2 is 1.71 bits per heavy atom. The van der Waals surface area contributed by atoms with Crippen molar-refractivity contribution in [3.05, 3.63) is 100 Å². The van der Waals surface area contributed by atoms with Crippen LogP contribution in [0.4, 0.5) is 24.7 Å². The molecular formula is C46H46F3N7O5S. The average Bonchev–Trinajstić information content (AvgIpc) is 3.48. The molecule has 2 saturated heterocycles. The van der Waals surface area contributed by atoms with Crippen LogP contribution in [0.2, 0.25) is 0 Å². The number of hydrogen-bond acceptors (Lipinski definition) is 11. The highest BCUT2D eigenvalue weighted by Gasteiger charge is 2.45. The third-order valence-electron chi connectivity index (χ3n) is 13.1. The summed E-state index contributed by atoms with van der Waals surface area (Å²) in [6.45, 7) is 6.83. The van der Waals surface area contributed by atoms with Gasteiger partial charge in [0.25, 0.3) is 0 Å². The number of pyridine rings is 2. The lowest BCUT2D eigenvalue weighted by molar-refractivity contribution is -0.137. The molecule has 3 aromatic heterocycles. The number of sulfonamides is 1. The first-order chi connectivity index (χ1) is 29.7. The number of likely N-dealkylation sites (tertiary alicyclic amines) is 2. The predicted molar refractivity (Wildman–Crippen MR) is 229 cm³/mol. The van der Waals surface area contributed by atoms with E-state index in [1.165, 1.54) is 0 Å². The second kappa shape index (κ2) is 15.4. The second-order valence-electron chi connectivity index (χ2n) is 17.3. The van der Waals surface area contributed by atoms with Gasteiger partial charge in [-0.3, -0.25) is 24.3 Å². The van der Waals surface area contributed by atoms with Gasteiger partial charge in [-0.2, -0.15) is 13.2 Å². The van der Waals surface area contributed by atoms with E-state index in [0.29, 0.717) is 62.3 Å². The molecule has 16 heteroatoms. The Morgan fingerprint density at radius 1 is 0.935 bits per heavy atom. The molecule has 10 rings (SSSR count). The number of oxazole rings is 1. The van der Waals surface area contributed by atoms with Crippen LogP contribution in [0.3, 0.4) is 0 Å². The van der Waals surface area contributed by atoms with Crippen molar-refractivity contribution in [2.24, 2.45) is 5.92 Å². The highest BCUT2D eigenvalue weighted by Crippen LogP contribution is 2.48. The first kappa shape index (κ1) is 40.6. The summed E-state index contributed by atoms with van der Waals surface area (Å²) in [4.78, 5) is 31.3. The molecule has 0 radical (unpaired) electrons. The lowest BCUT2D eigenvalue weighted by Gasteiger charge is -2.25. The largest absolute Gasteiger partial charge is 0.435 e. The maximum absolute atomic E-state index is 15.0. The zero-order valence-corrected chi connectivity index (χ0v) is 35.1. The van der Waals surface area contributed by atoms with E-state index in [2.05, 4.69) is 26.0 Å². The number of nitrogens with one attached hydrogen (secondary N) is 2. The summed E-state index contributed by atoms with van der Waals surface area (Å²) < 4.78 is 78.3. The maximum atomic E-state index is 15.0. The van der Waals surface area contributed by atoms with Crippen LogP contribution in [0.25, 0.3) is 44.6 Å². The summed E-state index contributed by atoms with van der Waals surface area (Å²) in [5.74, 6) is -0.439. The zero-order chi connectivity index (χ0) is 43.1. The number of aromatic nitrogens is 3. The van der Waals surface area contributed by atoms with Crippen LogP contribution in [0.1, 0.15) is 71.5 Å². The smallest absolute Gasteiger partial charge is 0.420 e. The summed E-state index contributed by atoms with van der Waals surface area (Å²) in [5.41, 5.74) is 6.32. The SMILES string of the molecule is Cc1c(Nc2nccc3cc(CN4CC[C@@H](O)C4)cnc23)cccc1-c1cccc(-c2nc3cc4c(c(C(F)(F)F)c3o2)CC[C@H]4N2CC[C@@H](C(=O)NS(=O)(=O)C3CC3)C2)c1C. The number of fused-ring (bicyclic) bond motifs is 3. The van der Waals surface area contributed by atoms with Gasteiger partial charge in [-0.1, -0.05) is 24.3 Å². The minimum Gasteiger partial charge on any atom is -0.435 e. The zero-order valence-electron chi connectivity index (χ0n) is 34.3. The molecule has 322 valence electrons. The summed E-state index contributed by atoms with van der Waals surface area (Å²) in [6.07, 6.45) is 1.47. The Balaban J connectivity index is 0.930. The Bertz CT molecular complexity index is 2880. The van der Waals surface area contributed by atoms with E-state index < -0.39 is 38.8 Å². The van der Waals surface area contributed by atoms with Crippen LogP contribution >= 0.6 is 0 Å². The molecule has 2 aliphatic carbocycles. The Morgan fingerprint density at radius 3 is 2.47 bits per heavy atom. The van der Waals surface area contributed by atoms with Crippen molar-refractivity contribution < 1.29 is 35.9 Å². The number of benzene rings is 3. The van der Waals surface area contributed by atoms with Crippen molar-refractivity contribution in [1.82, 2.24) is 29.5 Å². The van der Waals surface area contributed by atoms with Gasteiger partial charge >= 0.3 is 6.18 Å². The van der Waals surface area contributed by atoms with Crippen molar-refractivity contribution in [2.45, 2.75) is 82.5 Å². The van der Waals surface area contributed by atoms with Crippen molar-refractivity contribution >= 4 is 49.4 Å². The Labute approximate surface area is 356 Å². The summed E-state index contributed by atoms with van der Waals surface area (Å²) in [7, 11) is -3.70. The predicted octanol–water partition coefficient (Wildman–Crippen LogP) is 7.97. The fraction of sp³-hybridized carbons (Fsp3) is 0.391. The third kappa shape index (κ3) is 7.50. The van der Waals surface area contributed by atoms with Crippen molar-refractivity contribution in [1.29, 1.82) is 0 Å². The van der Waals surface area contributed by atoms with E-state index in [4.69, 9.17) is 14.4 Å². The molecule has 0 bridgehead atoms. The van der Waals surface area contributed by atoms with Crippen molar-refractivity contribution in [3.8, 4) is 22.6 Å². The first-order valence-electron chi connectivity index (χ1n) is 21.2. The standard InChI is InChI=1S/C46H46F3N7O5S/c1-25-32(33-6-4-8-37(26(33)2)52-43-41-28(13-16-50-43)19-27(21-51-41)22-55-17-15-30(57)24-55)5-3-7-34(25)45-53-38-20-36-35(40(42(38)61-45)46(47,48)49)11-12-39(36)56-18-14-29(23-56)44(58)54-62(59,60)31-9-10-31/h3-8,13,16,19-21,29-31,39,57H,9-12,14-15,17-18,22-24H2,1-2H3,(H,50,52)(H,54,58)/t29-,30-,39-/m1/s1. The molecule has 62 heavy (non-hydrogen) atoms. The number of rotatable bonds is 10. The van der Waals surface area contributed by atoms with Gasteiger partial charge in [0.15, 0.2) is 11.4 Å². The lowest BCUT2D eigenvalue weighted by Crippen LogP contribution is -2.38. The molecule has 0 spiro atoms. The minimum absolute atomic E-state index is 0.0816. The van der Waals surface area contributed by atoms with E-state index in [1.54, 1.807) is 18.3 Å². The monoisotopic (exact) mass is 865 g/mol. The summed E-state index contributed by atoms with van der Waals surface area (Å²) >= 11 is 0. The second-order valence-corrected chi connectivity index (χ2v) is 19.2. The molecule has 3 atom stereocenters. The van der Waals surface area contributed by atoms with Gasteiger partial charge in [-0.15, -0.1) is 0 Å². The van der Waals surface area contributed by atoms with Gasteiger partial charge in [0.1, 0.15) is 16.6 Å². The number of anilines is 2. The molecular weight excluding hydrogens is 820 g/mol. The Kier molecular flexibility index (Phi) is 10.1. The molecule has 3 fully saturated rings. The van der Waals surface area contributed by atoms with E-state index in [0.717, 1.165) is 57.4 Å². The number of alkyl halides is 3. The quantitative estimate of drug-likeness (QED) is 0.123. The van der Waals surface area contributed by atoms with Crippen LogP contribution in [0.5, 0.6) is 0 Å². The number of carbonyl (C=O) groups excluding carboxylic acids is 1. The van der Waals surface area contributed by atoms with E-state index in [-0.39, 0.29) is 47.7 Å². The fourth-order valence-corrected chi connectivity index (χ4v) is 11.1. The molecule has 12 nitrogen and oxygen atoms in total. The van der Waals surface area contributed by atoms with Gasteiger partial charge in [0.05, 0.1) is 17.3 Å². The first-order valence-corrected chi connectivity index (χ1v) is 22.7. The van der Waals surface area contributed by atoms with Crippen LogP contribution in [-0.4, -0.2) is 81.7 Å². The van der Waals surface area contributed by atoms with Gasteiger partial charge < -0.3 is 14.8 Å². The number of amides is 1. The van der Waals surface area contributed by atoms with Gasteiger partial charge in [-0.05, 0) is 128 Å². The third-order valence-corrected chi connectivity index (χ3v) is 15.0. The molecule has 1 amide bonds. The minimum atomic E-state index is -4.71. The lowest BCUT2D eigenvalue weighted by atomic mass is 9.93. The molecule has 5 heterocycles. The average molecular weight is 866 g/mol. The number of β-amino-alcohol motifs (C(OH)–C–C–N with tert-alkyl or cyclic N) is 1. The van der Waals surface area contributed by atoms with Gasteiger partial charge in [-0.25, -0.2) is 18.4 Å². The molecule has 3 aromatic carbocycles. The number of hydrogen-bond donors (Lipinski definition) is 3. The Hall–Kier alpha value is -5.42. The van der Waals surface area contributed by atoms with Crippen molar-refractivity contribution in [2.75, 3.05) is 31.5 Å². The molecule has 4 aliphatic rings. The normalized spacial score (nSPS) is 21.0. The van der Waals surface area contributed by atoms with Crippen molar-refractivity contribution in [3.63, 3.8) is 0 Å². The number of nitrogens with zero attached hydrogens (tertiary/aromatic N) is 5. The van der Waals surface area contributed by atoms with Gasteiger partial charge in [0.2, 0.25) is 21.8 Å². The van der Waals surface area contributed by atoms with Crippen LogP contribution in [-0.2, 0) is 34.0 Å². The molecule has 0 unspecified atom stereocenters. The maximum Gasteiger partial charge on any atom is 0.420 e. The van der Waals surface area contributed by atoms with Gasteiger partial charge in [0, 0.05) is 61.3 Å². The molecule has 6 aromatic rings. The number of carbonyl (C=O) groups is 1. The van der Waals surface area contributed by atoms with E-state index in [1.807, 2.05) is 61.3 Å².